The SMILES string of the molecule is COCC1(c2ccc(Br)cc2)CCC(COC)(c2ccc(Br)cc2)CC1. The summed E-state index contributed by atoms with van der Waals surface area (Å²) >= 11 is 7.10. The van der Waals surface area contributed by atoms with Crippen LogP contribution in [0.1, 0.15) is 36.8 Å². The summed E-state index contributed by atoms with van der Waals surface area (Å²) in [5.41, 5.74) is 2.93. The van der Waals surface area contributed by atoms with Crippen molar-refractivity contribution >= 4 is 31.9 Å². The minimum absolute atomic E-state index is 0.0854. The van der Waals surface area contributed by atoms with Crippen LogP contribution in [0.2, 0.25) is 0 Å². The number of ether oxygens (including phenoxy) is 2. The largest absolute Gasteiger partial charge is 0.384 e. The van der Waals surface area contributed by atoms with Crippen molar-refractivity contribution < 1.29 is 9.47 Å². The highest BCUT2D eigenvalue weighted by atomic mass is 79.9. The van der Waals surface area contributed by atoms with E-state index in [-0.39, 0.29) is 10.8 Å². The summed E-state index contributed by atoms with van der Waals surface area (Å²) in [5, 5.41) is 0. The van der Waals surface area contributed by atoms with Gasteiger partial charge in [0.2, 0.25) is 0 Å². The van der Waals surface area contributed by atoms with Crippen molar-refractivity contribution in [1.29, 1.82) is 0 Å². The van der Waals surface area contributed by atoms with Gasteiger partial charge in [-0.05, 0) is 61.1 Å². The molecular weight excluding hydrogens is 456 g/mol. The summed E-state index contributed by atoms with van der Waals surface area (Å²) in [6.45, 7) is 1.52. The summed E-state index contributed by atoms with van der Waals surface area (Å²) in [6, 6.07) is 17.5. The molecule has 2 aromatic rings. The molecule has 1 saturated carbocycles. The maximum Gasteiger partial charge on any atom is 0.0559 e. The average molecular weight is 482 g/mol. The molecule has 3 rings (SSSR count). The van der Waals surface area contributed by atoms with Crippen molar-refractivity contribution in [3.8, 4) is 0 Å². The third-order valence-corrected chi connectivity index (χ3v) is 6.98. The van der Waals surface area contributed by atoms with Gasteiger partial charge in [0.05, 0.1) is 13.2 Å². The van der Waals surface area contributed by atoms with Gasteiger partial charge in [-0.25, -0.2) is 0 Å². The lowest BCUT2D eigenvalue weighted by molar-refractivity contribution is 0.0478. The standard InChI is InChI=1S/C22H26Br2O2/c1-25-15-21(17-3-7-19(23)8-4-17)11-13-22(14-12-21,16-26-2)18-5-9-20(24)10-6-18/h3-10H,11-16H2,1-2H3. The Morgan fingerprint density at radius 1 is 0.654 bits per heavy atom. The monoisotopic (exact) mass is 480 g/mol. The van der Waals surface area contributed by atoms with Gasteiger partial charge in [0.1, 0.15) is 0 Å². The normalized spacial score (nSPS) is 26.0. The van der Waals surface area contributed by atoms with Gasteiger partial charge in [0, 0.05) is 34.0 Å². The van der Waals surface area contributed by atoms with Crippen LogP contribution in [0.3, 0.4) is 0 Å². The first-order chi connectivity index (χ1) is 12.5. The van der Waals surface area contributed by atoms with Crippen molar-refractivity contribution in [3.63, 3.8) is 0 Å². The van der Waals surface area contributed by atoms with E-state index in [0.717, 1.165) is 47.8 Å². The predicted octanol–water partition coefficient (Wildman–Crippen LogP) is 6.25. The van der Waals surface area contributed by atoms with Gasteiger partial charge >= 0.3 is 0 Å². The fourth-order valence-corrected chi connectivity index (χ4v) is 4.93. The van der Waals surface area contributed by atoms with Crippen molar-refractivity contribution in [2.45, 2.75) is 36.5 Å². The lowest BCUT2D eigenvalue weighted by atomic mass is 9.59. The molecule has 2 nitrogen and oxygen atoms in total. The first kappa shape index (κ1) is 20.1. The number of methoxy groups -OCH3 is 2. The van der Waals surface area contributed by atoms with Gasteiger partial charge < -0.3 is 9.47 Å². The number of hydrogen-bond donors (Lipinski definition) is 0. The Kier molecular flexibility index (Phi) is 6.60. The van der Waals surface area contributed by atoms with Gasteiger partial charge in [0.15, 0.2) is 0 Å². The van der Waals surface area contributed by atoms with Gasteiger partial charge in [0.25, 0.3) is 0 Å². The van der Waals surface area contributed by atoms with E-state index in [9.17, 15) is 0 Å². The van der Waals surface area contributed by atoms with E-state index in [1.807, 2.05) is 14.2 Å². The molecule has 0 N–H and O–H groups in total. The summed E-state index contributed by atoms with van der Waals surface area (Å²) in [4.78, 5) is 0. The molecule has 1 fully saturated rings. The molecule has 140 valence electrons. The molecule has 1 aliphatic rings. The molecular formula is C22H26Br2O2. The first-order valence-corrected chi connectivity index (χ1v) is 10.6. The van der Waals surface area contributed by atoms with Crippen molar-refractivity contribution in [1.82, 2.24) is 0 Å². The highest BCUT2D eigenvalue weighted by Crippen LogP contribution is 2.49. The maximum absolute atomic E-state index is 5.67. The first-order valence-electron chi connectivity index (χ1n) is 9.04. The smallest absolute Gasteiger partial charge is 0.0559 e. The van der Waals surface area contributed by atoms with Crippen LogP contribution >= 0.6 is 31.9 Å². The van der Waals surface area contributed by atoms with Crippen LogP contribution in [0, 0.1) is 0 Å². The highest BCUT2D eigenvalue weighted by Gasteiger charge is 2.44. The second kappa shape index (κ2) is 8.55. The maximum atomic E-state index is 5.67. The quantitative estimate of drug-likeness (QED) is 0.485. The minimum atomic E-state index is 0.0854. The van der Waals surface area contributed by atoms with E-state index in [2.05, 4.69) is 80.4 Å². The molecule has 26 heavy (non-hydrogen) atoms. The van der Waals surface area contributed by atoms with E-state index >= 15 is 0 Å². The van der Waals surface area contributed by atoms with Crippen LogP contribution < -0.4 is 0 Å². The molecule has 0 aromatic heterocycles. The number of benzene rings is 2. The zero-order chi connectivity index (χ0) is 18.6. The van der Waals surface area contributed by atoms with E-state index in [1.54, 1.807) is 0 Å². The Balaban J connectivity index is 1.89. The lowest BCUT2D eigenvalue weighted by Crippen LogP contribution is -2.44. The zero-order valence-corrected chi connectivity index (χ0v) is 18.6. The van der Waals surface area contributed by atoms with Gasteiger partial charge in [-0.15, -0.1) is 0 Å². The molecule has 1 aliphatic carbocycles. The van der Waals surface area contributed by atoms with Crippen LogP contribution in [0.15, 0.2) is 57.5 Å². The minimum Gasteiger partial charge on any atom is -0.384 e. The van der Waals surface area contributed by atoms with E-state index in [1.165, 1.54) is 11.1 Å². The molecule has 2 aromatic carbocycles. The number of hydrogen-bond acceptors (Lipinski definition) is 2. The zero-order valence-electron chi connectivity index (χ0n) is 15.4. The second-order valence-corrected chi connectivity index (χ2v) is 9.27. The molecule has 0 amide bonds. The van der Waals surface area contributed by atoms with Crippen molar-refractivity contribution in [2.24, 2.45) is 0 Å². The van der Waals surface area contributed by atoms with Crippen LogP contribution in [0.5, 0.6) is 0 Å². The van der Waals surface area contributed by atoms with Crippen LogP contribution in [0.25, 0.3) is 0 Å². The molecule has 0 heterocycles. The van der Waals surface area contributed by atoms with Gasteiger partial charge in [-0.2, -0.15) is 0 Å². The Bertz CT molecular complexity index is 638. The Morgan fingerprint density at radius 3 is 1.23 bits per heavy atom. The highest BCUT2D eigenvalue weighted by molar-refractivity contribution is 9.10. The fraction of sp³-hybridized carbons (Fsp3) is 0.455. The van der Waals surface area contributed by atoms with E-state index in [4.69, 9.17) is 9.47 Å². The Morgan fingerprint density at radius 2 is 0.962 bits per heavy atom. The molecule has 0 aliphatic heterocycles. The summed E-state index contributed by atoms with van der Waals surface area (Å²) in [7, 11) is 3.62. The molecule has 0 spiro atoms. The van der Waals surface area contributed by atoms with Crippen molar-refractivity contribution in [3.05, 3.63) is 68.6 Å². The molecule has 0 bridgehead atoms. The predicted molar refractivity (Wildman–Crippen MR) is 114 cm³/mol. The van der Waals surface area contributed by atoms with Crippen LogP contribution in [-0.4, -0.2) is 27.4 Å². The van der Waals surface area contributed by atoms with E-state index in [0.29, 0.717) is 0 Å². The lowest BCUT2D eigenvalue weighted by Gasteiger charge is -2.47. The third kappa shape index (κ3) is 4.09. The van der Waals surface area contributed by atoms with Gasteiger partial charge in [-0.1, -0.05) is 56.1 Å². The molecule has 0 unspecified atom stereocenters. The summed E-state index contributed by atoms with van der Waals surface area (Å²) in [5.74, 6) is 0. The Hall–Kier alpha value is -0.680. The van der Waals surface area contributed by atoms with Crippen molar-refractivity contribution in [2.75, 3.05) is 27.4 Å². The molecule has 4 heteroatoms. The number of rotatable bonds is 6. The number of halogens is 2. The second-order valence-electron chi connectivity index (χ2n) is 7.44. The third-order valence-electron chi connectivity index (χ3n) is 5.92. The van der Waals surface area contributed by atoms with Crippen LogP contribution in [-0.2, 0) is 20.3 Å². The fourth-order valence-electron chi connectivity index (χ4n) is 4.40. The molecule has 0 atom stereocenters. The van der Waals surface area contributed by atoms with E-state index < -0.39 is 0 Å². The molecule has 0 saturated heterocycles. The van der Waals surface area contributed by atoms with Gasteiger partial charge in [-0.3, -0.25) is 0 Å². The molecule has 0 radical (unpaired) electrons. The summed E-state index contributed by atoms with van der Waals surface area (Å²) < 4.78 is 13.6. The Labute approximate surface area is 173 Å². The topological polar surface area (TPSA) is 18.5 Å². The summed E-state index contributed by atoms with van der Waals surface area (Å²) in [6.07, 6.45) is 4.40. The average Bonchev–Trinajstić information content (AvgIpc) is 2.65. The van der Waals surface area contributed by atoms with Crippen LogP contribution in [0.4, 0.5) is 0 Å².